The molecular formula is C16H14Cl2N2O3. The van der Waals surface area contributed by atoms with Crippen LogP contribution in [0, 0.1) is 6.92 Å². The number of aromatic nitrogens is 1. The fourth-order valence-electron chi connectivity index (χ4n) is 1.84. The highest BCUT2D eigenvalue weighted by Crippen LogP contribution is 2.22. The van der Waals surface area contributed by atoms with E-state index in [1.54, 1.807) is 0 Å². The molecule has 0 saturated carbocycles. The summed E-state index contributed by atoms with van der Waals surface area (Å²) in [5, 5.41) is 3.01. The minimum Gasteiger partial charge on any atom is -0.455 e. The highest BCUT2D eigenvalue weighted by Gasteiger charge is 2.12. The summed E-state index contributed by atoms with van der Waals surface area (Å²) in [6.45, 7) is 1.49. The van der Waals surface area contributed by atoms with Crippen LogP contribution in [-0.2, 0) is 20.7 Å². The third-order valence-electron chi connectivity index (χ3n) is 3.03. The Morgan fingerprint density at radius 1 is 1.26 bits per heavy atom. The molecule has 23 heavy (non-hydrogen) atoms. The van der Waals surface area contributed by atoms with Gasteiger partial charge in [-0.3, -0.25) is 9.59 Å². The molecule has 1 aromatic carbocycles. The van der Waals surface area contributed by atoms with Gasteiger partial charge in [-0.15, -0.1) is 0 Å². The summed E-state index contributed by atoms with van der Waals surface area (Å²) in [6, 6.07) is 8.94. The molecule has 2 rings (SSSR count). The van der Waals surface area contributed by atoms with Gasteiger partial charge in [0.2, 0.25) is 0 Å². The first-order valence-electron chi connectivity index (χ1n) is 6.76. The van der Waals surface area contributed by atoms with Gasteiger partial charge in [0, 0.05) is 6.20 Å². The maximum absolute atomic E-state index is 11.8. The van der Waals surface area contributed by atoms with E-state index >= 15 is 0 Å². The SMILES string of the molecule is Cc1ccccc1CC(=O)OCC(=O)Nc1ncc(Cl)cc1Cl. The summed E-state index contributed by atoms with van der Waals surface area (Å²) >= 11 is 11.6. The number of rotatable bonds is 5. The molecule has 0 atom stereocenters. The molecule has 1 aromatic heterocycles. The van der Waals surface area contributed by atoms with Crippen LogP contribution in [0.25, 0.3) is 0 Å². The van der Waals surface area contributed by atoms with Crippen molar-refractivity contribution in [1.82, 2.24) is 4.98 Å². The number of halogens is 2. The second-order valence-electron chi connectivity index (χ2n) is 4.80. The zero-order chi connectivity index (χ0) is 16.8. The van der Waals surface area contributed by atoms with Gasteiger partial charge in [-0.1, -0.05) is 47.5 Å². The third kappa shape index (κ3) is 5.23. The molecule has 1 heterocycles. The van der Waals surface area contributed by atoms with Crippen molar-refractivity contribution < 1.29 is 14.3 Å². The Kier molecular flexibility index (Phi) is 5.96. The Morgan fingerprint density at radius 3 is 2.70 bits per heavy atom. The molecule has 0 aliphatic carbocycles. The van der Waals surface area contributed by atoms with Crippen LogP contribution in [0.2, 0.25) is 10.0 Å². The number of esters is 1. The quantitative estimate of drug-likeness (QED) is 0.837. The van der Waals surface area contributed by atoms with Crippen molar-refractivity contribution in [3.8, 4) is 0 Å². The van der Waals surface area contributed by atoms with Crippen molar-refractivity contribution in [1.29, 1.82) is 0 Å². The van der Waals surface area contributed by atoms with E-state index in [1.165, 1.54) is 12.3 Å². The van der Waals surface area contributed by atoms with Gasteiger partial charge in [0.15, 0.2) is 12.4 Å². The van der Waals surface area contributed by atoms with Gasteiger partial charge in [0.1, 0.15) is 0 Å². The summed E-state index contributed by atoms with van der Waals surface area (Å²) in [6.07, 6.45) is 1.47. The fraction of sp³-hybridized carbons (Fsp3) is 0.188. The predicted molar refractivity (Wildman–Crippen MR) is 88.7 cm³/mol. The first-order valence-corrected chi connectivity index (χ1v) is 7.52. The second-order valence-corrected chi connectivity index (χ2v) is 5.64. The maximum atomic E-state index is 11.8. The normalized spacial score (nSPS) is 10.2. The first-order chi connectivity index (χ1) is 11.0. The van der Waals surface area contributed by atoms with Crippen molar-refractivity contribution in [2.24, 2.45) is 0 Å². The molecule has 0 aliphatic heterocycles. The van der Waals surface area contributed by atoms with Crippen LogP contribution in [0.3, 0.4) is 0 Å². The maximum Gasteiger partial charge on any atom is 0.310 e. The van der Waals surface area contributed by atoms with E-state index in [4.69, 9.17) is 27.9 Å². The number of nitrogens with one attached hydrogen (secondary N) is 1. The first kappa shape index (κ1) is 17.2. The summed E-state index contributed by atoms with van der Waals surface area (Å²) < 4.78 is 4.95. The number of aryl methyl sites for hydroxylation is 1. The summed E-state index contributed by atoms with van der Waals surface area (Å²) in [5.74, 6) is -0.847. The van der Waals surface area contributed by atoms with Crippen LogP contribution in [0.15, 0.2) is 36.5 Å². The standard InChI is InChI=1S/C16H14Cl2N2O3/c1-10-4-2-3-5-11(10)6-15(22)23-9-14(21)20-16-13(18)7-12(17)8-19-16/h2-5,7-8H,6,9H2,1H3,(H,19,20,21). The van der Waals surface area contributed by atoms with E-state index in [2.05, 4.69) is 10.3 Å². The van der Waals surface area contributed by atoms with Gasteiger partial charge >= 0.3 is 5.97 Å². The smallest absolute Gasteiger partial charge is 0.310 e. The molecule has 0 radical (unpaired) electrons. The van der Waals surface area contributed by atoms with Crippen molar-refractivity contribution in [2.75, 3.05) is 11.9 Å². The van der Waals surface area contributed by atoms with E-state index in [-0.39, 0.29) is 17.3 Å². The summed E-state index contributed by atoms with van der Waals surface area (Å²) in [4.78, 5) is 27.4. The monoisotopic (exact) mass is 352 g/mol. The highest BCUT2D eigenvalue weighted by atomic mass is 35.5. The van der Waals surface area contributed by atoms with Crippen molar-refractivity contribution in [3.05, 3.63) is 57.7 Å². The largest absolute Gasteiger partial charge is 0.455 e. The van der Waals surface area contributed by atoms with Crippen LogP contribution >= 0.6 is 23.2 Å². The predicted octanol–water partition coefficient (Wildman–Crippen LogP) is 3.42. The van der Waals surface area contributed by atoms with Crippen LogP contribution in [-0.4, -0.2) is 23.5 Å². The van der Waals surface area contributed by atoms with Gasteiger partial charge in [-0.2, -0.15) is 0 Å². The van der Waals surface area contributed by atoms with Gasteiger partial charge in [-0.05, 0) is 24.1 Å². The number of nitrogens with zero attached hydrogens (tertiary/aromatic N) is 1. The molecule has 1 N–H and O–H groups in total. The zero-order valence-electron chi connectivity index (χ0n) is 12.3. The Hall–Kier alpha value is -2.11. The van der Waals surface area contributed by atoms with E-state index in [0.29, 0.717) is 5.02 Å². The van der Waals surface area contributed by atoms with Crippen LogP contribution in [0.4, 0.5) is 5.82 Å². The molecule has 0 spiro atoms. The number of ether oxygens (including phenoxy) is 1. The number of amides is 1. The molecule has 1 amide bonds. The highest BCUT2D eigenvalue weighted by molar-refractivity contribution is 6.36. The average molecular weight is 353 g/mol. The summed E-state index contributed by atoms with van der Waals surface area (Å²) in [7, 11) is 0. The minimum absolute atomic E-state index is 0.111. The third-order valence-corrected chi connectivity index (χ3v) is 3.52. The second kappa shape index (κ2) is 7.94. The molecule has 0 saturated heterocycles. The lowest BCUT2D eigenvalue weighted by Gasteiger charge is -2.08. The molecule has 0 aliphatic rings. The minimum atomic E-state index is -0.528. The Bertz CT molecular complexity index is 735. The lowest BCUT2D eigenvalue weighted by Crippen LogP contribution is -2.22. The molecule has 0 unspecified atom stereocenters. The van der Waals surface area contributed by atoms with Gasteiger partial charge in [-0.25, -0.2) is 4.98 Å². The lowest BCUT2D eigenvalue weighted by molar-refractivity contribution is -0.146. The zero-order valence-corrected chi connectivity index (χ0v) is 13.8. The molecule has 5 nitrogen and oxygen atoms in total. The van der Waals surface area contributed by atoms with Crippen LogP contribution in [0.5, 0.6) is 0 Å². The Morgan fingerprint density at radius 2 is 2.00 bits per heavy atom. The number of pyridine rings is 1. The van der Waals surface area contributed by atoms with E-state index in [0.717, 1.165) is 11.1 Å². The number of hydrogen-bond donors (Lipinski definition) is 1. The van der Waals surface area contributed by atoms with Crippen molar-refractivity contribution in [2.45, 2.75) is 13.3 Å². The van der Waals surface area contributed by atoms with Crippen molar-refractivity contribution >= 4 is 40.9 Å². The van der Waals surface area contributed by atoms with E-state index < -0.39 is 18.5 Å². The molecule has 0 fully saturated rings. The number of anilines is 1. The number of hydrogen-bond acceptors (Lipinski definition) is 4. The fourth-order valence-corrected chi connectivity index (χ4v) is 2.26. The van der Waals surface area contributed by atoms with Gasteiger partial charge in [0.05, 0.1) is 16.5 Å². The molecule has 7 heteroatoms. The Labute approximate surface area is 143 Å². The lowest BCUT2D eigenvalue weighted by atomic mass is 10.1. The molecule has 0 bridgehead atoms. The van der Waals surface area contributed by atoms with Gasteiger partial charge in [0.25, 0.3) is 5.91 Å². The van der Waals surface area contributed by atoms with Gasteiger partial charge < -0.3 is 10.1 Å². The number of benzene rings is 1. The van der Waals surface area contributed by atoms with E-state index in [9.17, 15) is 9.59 Å². The van der Waals surface area contributed by atoms with Crippen molar-refractivity contribution in [3.63, 3.8) is 0 Å². The average Bonchev–Trinajstić information content (AvgIpc) is 2.50. The number of carbonyl (C=O) groups excluding carboxylic acids is 2. The topological polar surface area (TPSA) is 68.3 Å². The van der Waals surface area contributed by atoms with Crippen LogP contribution < -0.4 is 5.32 Å². The molecular weight excluding hydrogens is 339 g/mol. The number of carbonyl (C=O) groups is 2. The Balaban J connectivity index is 1.84. The molecule has 120 valence electrons. The molecule has 2 aromatic rings. The summed E-state index contributed by atoms with van der Waals surface area (Å²) in [5.41, 5.74) is 1.85. The van der Waals surface area contributed by atoms with E-state index in [1.807, 2.05) is 31.2 Å². The van der Waals surface area contributed by atoms with Crippen LogP contribution in [0.1, 0.15) is 11.1 Å².